The standard InChI is InChI=1S/C21H18ClFN6O2/c1-28-18-17(19(30)26-21(28)31)29(11-10-13-6-3-2-4-7-13)20(25-18)27-24-12-14-15(22)8-5-9-16(14)23/h2-9,12H,10-11H2,1H3,(H,25,27)(H,26,30,31). The summed E-state index contributed by atoms with van der Waals surface area (Å²) in [5, 5.41) is 4.25. The molecule has 2 aromatic carbocycles. The van der Waals surface area contributed by atoms with Gasteiger partial charge in [-0.1, -0.05) is 48.0 Å². The first kappa shape index (κ1) is 20.5. The zero-order valence-corrected chi connectivity index (χ0v) is 17.2. The maximum absolute atomic E-state index is 14.0. The molecule has 0 amide bonds. The summed E-state index contributed by atoms with van der Waals surface area (Å²) in [4.78, 5) is 31.2. The van der Waals surface area contributed by atoms with Crippen molar-refractivity contribution in [2.45, 2.75) is 13.0 Å². The molecule has 2 heterocycles. The minimum absolute atomic E-state index is 0.119. The van der Waals surface area contributed by atoms with E-state index in [2.05, 4.69) is 20.5 Å². The molecule has 0 spiro atoms. The number of aryl methyl sites for hydroxylation is 3. The van der Waals surface area contributed by atoms with E-state index in [-0.39, 0.29) is 27.7 Å². The summed E-state index contributed by atoms with van der Waals surface area (Å²) in [6, 6.07) is 14.1. The number of nitrogens with zero attached hydrogens (tertiary/aromatic N) is 4. The molecular weight excluding hydrogens is 423 g/mol. The molecule has 2 aromatic heterocycles. The number of rotatable bonds is 6. The van der Waals surface area contributed by atoms with Crippen LogP contribution in [0.4, 0.5) is 10.3 Å². The third-order valence-electron chi connectivity index (χ3n) is 4.83. The molecule has 0 radical (unpaired) electrons. The van der Waals surface area contributed by atoms with E-state index >= 15 is 0 Å². The lowest BCUT2D eigenvalue weighted by Crippen LogP contribution is -2.29. The molecule has 0 saturated heterocycles. The molecule has 4 aromatic rings. The van der Waals surface area contributed by atoms with Crippen LogP contribution in [0.1, 0.15) is 11.1 Å². The number of fused-ring (bicyclic) bond motifs is 1. The number of aromatic amines is 1. The molecule has 4 rings (SSSR count). The van der Waals surface area contributed by atoms with E-state index in [1.165, 1.54) is 30.0 Å². The summed E-state index contributed by atoms with van der Waals surface area (Å²) >= 11 is 6.02. The smallest absolute Gasteiger partial charge is 0.303 e. The van der Waals surface area contributed by atoms with Gasteiger partial charge in [-0.05, 0) is 24.1 Å². The number of aromatic nitrogens is 4. The molecule has 0 unspecified atom stereocenters. The molecule has 0 aliphatic rings. The highest BCUT2D eigenvalue weighted by Crippen LogP contribution is 2.18. The normalized spacial score (nSPS) is 11.5. The van der Waals surface area contributed by atoms with Gasteiger partial charge in [-0.25, -0.2) is 14.6 Å². The van der Waals surface area contributed by atoms with E-state index in [1.807, 2.05) is 30.3 Å². The molecule has 0 aliphatic heterocycles. The summed E-state index contributed by atoms with van der Waals surface area (Å²) in [7, 11) is 1.52. The second-order valence-corrected chi connectivity index (χ2v) is 7.23. The molecule has 8 nitrogen and oxygen atoms in total. The van der Waals surface area contributed by atoms with Gasteiger partial charge >= 0.3 is 5.69 Å². The quantitative estimate of drug-likeness (QED) is 0.356. The van der Waals surface area contributed by atoms with Crippen molar-refractivity contribution in [3.8, 4) is 0 Å². The largest absolute Gasteiger partial charge is 0.329 e. The lowest BCUT2D eigenvalue weighted by Gasteiger charge is -2.08. The molecule has 2 N–H and O–H groups in total. The van der Waals surface area contributed by atoms with Crippen LogP contribution in [0.25, 0.3) is 11.2 Å². The number of hydrogen-bond acceptors (Lipinski definition) is 5. The zero-order chi connectivity index (χ0) is 22.0. The number of hydrazone groups is 1. The zero-order valence-electron chi connectivity index (χ0n) is 16.5. The van der Waals surface area contributed by atoms with Crippen LogP contribution >= 0.6 is 11.6 Å². The van der Waals surface area contributed by atoms with E-state index in [4.69, 9.17) is 11.6 Å². The maximum Gasteiger partial charge on any atom is 0.329 e. The van der Waals surface area contributed by atoms with Gasteiger partial charge in [0.1, 0.15) is 5.82 Å². The summed E-state index contributed by atoms with van der Waals surface area (Å²) in [5.41, 5.74) is 3.26. The van der Waals surface area contributed by atoms with Gasteiger partial charge in [0.15, 0.2) is 11.2 Å². The second-order valence-electron chi connectivity index (χ2n) is 6.82. The first-order valence-corrected chi connectivity index (χ1v) is 9.80. The topological polar surface area (TPSA) is 97.1 Å². The first-order valence-electron chi connectivity index (χ1n) is 9.42. The van der Waals surface area contributed by atoms with Crippen molar-refractivity contribution in [3.05, 3.63) is 91.3 Å². The average Bonchev–Trinajstić information content (AvgIpc) is 3.12. The van der Waals surface area contributed by atoms with Gasteiger partial charge in [0.25, 0.3) is 5.56 Å². The van der Waals surface area contributed by atoms with Gasteiger partial charge in [-0.15, -0.1) is 0 Å². The van der Waals surface area contributed by atoms with Crippen LogP contribution in [-0.4, -0.2) is 25.3 Å². The van der Waals surface area contributed by atoms with Crippen molar-refractivity contribution < 1.29 is 4.39 Å². The summed E-state index contributed by atoms with van der Waals surface area (Å²) < 4.78 is 16.9. The van der Waals surface area contributed by atoms with Gasteiger partial charge in [-0.2, -0.15) is 10.1 Å². The van der Waals surface area contributed by atoms with Crippen molar-refractivity contribution in [1.82, 2.24) is 19.1 Å². The molecule has 31 heavy (non-hydrogen) atoms. The lowest BCUT2D eigenvalue weighted by molar-refractivity contribution is 0.626. The maximum atomic E-state index is 14.0. The van der Waals surface area contributed by atoms with Gasteiger partial charge in [-0.3, -0.25) is 14.3 Å². The minimum atomic E-state index is -0.571. The van der Waals surface area contributed by atoms with E-state index in [0.29, 0.717) is 13.0 Å². The number of hydrogen-bond donors (Lipinski definition) is 2. The highest BCUT2D eigenvalue weighted by molar-refractivity contribution is 6.33. The van der Waals surface area contributed by atoms with Crippen LogP contribution in [0.15, 0.2) is 63.2 Å². The molecule has 0 aliphatic carbocycles. The van der Waals surface area contributed by atoms with Gasteiger partial charge in [0.2, 0.25) is 5.95 Å². The van der Waals surface area contributed by atoms with Crippen molar-refractivity contribution in [2.24, 2.45) is 12.1 Å². The molecule has 0 atom stereocenters. The predicted octanol–water partition coefficient (Wildman–Crippen LogP) is 2.90. The van der Waals surface area contributed by atoms with Crippen molar-refractivity contribution in [2.75, 3.05) is 5.43 Å². The van der Waals surface area contributed by atoms with E-state index < -0.39 is 17.1 Å². The number of benzene rings is 2. The Morgan fingerprint density at radius 3 is 2.71 bits per heavy atom. The molecule has 0 bridgehead atoms. The van der Waals surface area contributed by atoms with E-state index in [9.17, 15) is 14.0 Å². The third kappa shape index (κ3) is 4.13. The van der Waals surface area contributed by atoms with Crippen LogP contribution in [0, 0.1) is 5.82 Å². The Labute approximate surface area is 180 Å². The Balaban J connectivity index is 1.73. The summed E-state index contributed by atoms with van der Waals surface area (Å²) in [5.74, 6) is -0.282. The average molecular weight is 441 g/mol. The van der Waals surface area contributed by atoms with Crippen LogP contribution < -0.4 is 16.7 Å². The minimum Gasteiger partial charge on any atom is -0.303 e. The monoisotopic (exact) mass is 440 g/mol. The number of nitrogens with one attached hydrogen (secondary N) is 2. The number of H-pyrrole nitrogens is 1. The molecular formula is C21H18ClFN6O2. The van der Waals surface area contributed by atoms with Gasteiger partial charge < -0.3 is 4.57 Å². The molecule has 10 heteroatoms. The van der Waals surface area contributed by atoms with Gasteiger partial charge in [0.05, 0.1) is 11.2 Å². The number of halogens is 2. The lowest BCUT2D eigenvalue weighted by atomic mass is 10.1. The van der Waals surface area contributed by atoms with Crippen LogP contribution in [0.3, 0.4) is 0 Å². The highest BCUT2D eigenvalue weighted by atomic mass is 35.5. The Morgan fingerprint density at radius 2 is 1.97 bits per heavy atom. The molecule has 0 fully saturated rings. The fourth-order valence-electron chi connectivity index (χ4n) is 3.21. The Hall–Kier alpha value is -3.72. The molecule has 0 saturated carbocycles. The highest BCUT2D eigenvalue weighted by Gasteiger charge is 2.17. The van der Waals surface area contributed by atoms with Crippen molar-refractivity contribution >= 4 is 34.9 Å². The fraction of sp³-hybridized carbons (Fsp3) is 0.143. The van der Waals surface area contributed by atoms with Crippen LogP contribution in [0.5, 0.6) is 0 Å². The van der Waals surface area contributed by atoms with Gasteiger partial charge in [0, 0.05) is 19.2 Å². The van der Waals surface area contributed by atoms with E-state index in [1.54, 1.807) is 10.6 Å². The van der Waals surface area contributed by atoms with Crippen molar-refractivity contribution in [3.63, 3.8) is 0 Å². The van der Waals surface area contributed by atoms with Crippen molar-refractivity contribution in [1.29, 1.82) is 0 Å². The predicted molar refractivity (Wildman–Crippen MR) is 118 cm³/mol. The Kier molecular flexibility index (Phi) is 5.68. The van der Waals surface area contributed by atoms with Crippen LogP contribution in [-0.2, 0) is 20.0 Å². The number of imidazole rings is 1. The van der Waals surface area contributed by atoms with Crippen LogP contribution in [0.2, 0.25) is 5.02 Å². The SMILES string of the molecule is Cn1c(=O)[nH]c(=O)c2c1nc(NN=Cc1c(F)cccc1Cl)n2CCc1ccccc1. The third-order valence-corrected chi connectivity index (χ3v) is 5.16. The number of anilines is 1. The Morgan fingerprint density at radius 1 is 1.19 bits per heavy atom. The molecule has 158 valence electrons. The second kappa shape index (κ2) is 8.57. The summed E-state index contributed by atoms with van der Waals surface area (Å²) in [6.45, 7) is 0.403. The first-order chi connectivity index (χ1) is 15.0. The summed E-state index contributed by atoms with van der Waals surface area (Å²) in [6.07, 6.45) is 1.86. The fourth-order valence-corrected chi connectivity index (χ4v) is 3.42. The Bertz CT molecular complexity index is 1370. The van der Waals surface area contributed by atoms with E-state index in [0.717, 1.165) is 5.56 Å².